The van der Waals surface area contributed by atoms with Crippen LogP contribution >= 0.6 is 11.3 Å². The molecule has 1 fully saturated rings. The zero-order valence-corrected chi connectivity index (χ0v) is 18.6. The summed E-state index contributed by atoms with van der Waals surface area (Å²) in [6, 6.07) is 7.40. The van der Waals surface area contributed by atoms with Crippen LogP contribution in [0.5, 0.6) is 17.2 Å². The molecule has 1 N–H and O–H groups in total. The molecule has 1 aromatic heterocycles. The third kappa shape index (κ3) is 4.38. The standard InChI is InChI=1S/C22H28N2O5S/c1-5-8-23-21(25)16-13-24(22(26)19-7-6-9-30-19)12-15(16)14-10-17(27-2)20(29-4)18(11-14)28-3/h6-7,9-11,15-16H,5,8,12-13H2,1-4H3,(H,23,25)/t15-,16+/m1/s1. The minimum atomic E-state index is -0.358. The average Bonchev–Trinajstić information content (AvgIpc) is 3.46. The van der Waals surface area contributed by atoms with Crippen LogP contribution in [0.3, 0.4) is 0 Å². The summed E-state index contributed by atoms with van der Waals surface area (Å²) in [6.07, 6.45) is 0.852. The number of rotatable bonds is 8. The van der Waals surface area contributed by atoms with Crippen molar-refractivity contribution in [3.63, 3.8) is 0 Å². The van der Waals surface area contributed by atoms with Crippen LogP contribution in [0.1, 0.15) is 34.5 Å². The van der Waals surface area contributed by atoms with Crippen LogP contribution in [-0.2, 0) is 4.79 Å². The molecular weight excluding hydrogens is 404 g/mol. The van der Waals surface area contributed by atoms with Gasteiger partial charge in [-0.25, -0.2) is 0 Å². The molecule has 30 heavy (non-hydrogen) atoms. The van der Waals surface area contributed by atoms with Gasteiger partial charge in [0.2, 0.25) is 11.7 Å². The summed E-state index contributed by atoms with van der Waals surface area (Å²) in [5.41, 5.74) is 0.877. The minimum Gasteiger partial charge on any atom is -0.493 e. The van der Waals surface area contributed by atoms with E-state index in [1.807, 2.05) is 36.6 Å². The Hall–Kier alpha value is -2.74. The molecule has 2 atom stereocenters. The van der Waals surface area contributed by atoms with Gasteiger partial charge in [-0.05, 0) is 35.6 Å². The highest BCUT2D eigenvalue weighted by atomic mass is 32.1. The number of nitrogens with zero attached hydrogens (tertiary/aromatic N) is 1. The fourth-order valence-corrected chi connectivity index (χ4v) is 4.51. The number of benzene rings is 1. The molecular formula is C22H28N2O5S. The summed E-state index contributed by atoms with van der Waals surface area (Å²) in [4.78, 5) is 28.3. The normalized spacial score (nSPS) is 18.2. The summed E-state index contributed by atoms with van der Waals surface area (Å²) in [7, 11) is 4.68. The first-order valence-corrected chi connectivity index (χ1v) is 10.8. The van der Waals surface area contributed by atoms with E-state index in [4.69, 9.17) is 14.2 Å². The molecule has 0 radical (unpaired) electrons. The lowest BCUT2D eigenvalue weighted by molar-refractivity contribution is -0.124. The summed E-state index contributed by atoms with van der Waals surface area (Å²) < 4.78 is 16.4. The van der Waals surface area contributed by atoms with Gasteiger partial charge in [-0.1, -0.05) is 13.0 Å². The van der Waals surface area contributed by atoms with Gasteiger partial charge < -0.3 is 24.4 Å². The Morgan fingerprint density at radius 1 is 1.13 bits per heavy atom. The molecule has 3 rings (SSSR count). The molecule has 0 unspecified atom stereocenters. The Kier molecular flexibility index (Phi) is 7.20. The first kappa shape index (κ1) is 22.0. The summed E-state index contributed by atoms with van der Waals surface area (Å²) in [5, 5.41) is 4.87. The highest BCUT2D eigenvalue weighted by Gasteiger charge is 2.41. The number of hydrogen-bond acceptors (Lipinski definition) is 6. The molecule has 8 heteroatoms. The van der Waals surface area contributed by atoms with Crippen LogP contribution < -0.4 is 19.5 Å². The molecule has 0 aliphatic carbocycles. The van der Waals surface area contributed by atoms with Crippen LogP contribution in [0.4, 0.5) is 0 Å². The second-order valence-corrected chi connectivity index (χ2v) is 8.10. The predicted octanol–water partition coefficient (Wildman–Crippen LogP) is 3.16. The Bertz CT molecular complexity index is 859. The average molecular weight is 433 g/mol. The highest BCUT2D eigenvalue weighted by Crippen LogP contribution is 2.43. The van der Waals surface area contributed by atoms with Gasteiger partial charge in [-0.15, -0.1) is 11.3 Å². The number of carbonyl (C=O) groups is 2. The number of nitrogens with one attached hydrogen (secondary N) is 1. The zero-order valence-electron chi connectivity index (χ0n) is 17.8. The molecule has 2 amide bonds. The molecule has 1 aliphatic heterocycles. The quantitative estimate of drug-likeness (QED) is 0.693. The van der Waals surface area contributed by atoms with Crippen LogP contribution in [0.15, 0.2) is 29.6 Å². The molecule has 0 spiro atoms. The largest absolute Gasteiger partial charge is 0.493 e. The number of carbonyl (C=O) groups excluding carboxylic acids is 2. The molecule has 1 aromatic carbocycles. The maximum atomic E-state index is 12.9. The lowest BCUT2D eigenvalue weighted by Gasteiger charge is -2.21. The second kappa shape index (κ2) is 9.84. The second-order valence-electron chi connectivity index (χ2n) is 7.15. The lowest BCUT2D eigenvalue weighted by atomic mass is 9.88. The molecule has 0 saturated carbocycles. The lowest BCUT2D eigenvalue weighted by Crippen LogP contribution is -2.35. The van der Waals surface area contributed by atoms with E-state index < -0.39 is 0 Å². The van der Waals surface area contributed by atoms with Crippen molar-refractivity contribution in [1.82, 2.24) is 10.2 Å². The van der Waals surface area contributed by atoms with Gasteiger partial charge in [-0.3, -0.25) is 9.59 Å². The SMILES string of the molecule is CCCNC(=O)[C@H]1CN(C(=O)c2cccs2)C[C@@H]1c1cc(OC)c(OC)c(OC)c1. The van der Waals surface area contributed by atoms with Crippen molar-refractivity contribution in [2.75, 3.05) is 41.0 Å². The number of ether oxygens (including phenoxy) is 3. The Morgan fingerprint density at radius 3 is 2.37 bits per heavy atom. The van der Waals surface area contributed by atoms with E-state index in [2.05, 4.69) is 5.32 Å². The van der Waals surface area contributed by atoms with E-state index in [9.17, 15) is 9.59 Å². The third-order valence-electron chi connectivity index (χ3n) is 5.34. The van der Waals surface area contributed by atoms with Gasteiger partial charge in [0.25, 0.3) is 5.91 Å². The van der Waals surface area contributed by atoms with Gasteiger partial charge in [0, 0.05) is 25.6 Å². The van der Waals surface area contributed by atoms with Crippen LogP contribution in [0.2, 0.25) is 0 Å². The molecule has 7 nitrogen and oxygen atoms in total. The maximum Gasteiger partial charge on any atom is 0.263 e. The van der Waals surface area contributed by atoms with Crippen LogP contribution in [-0.4, -0.2) is 57.7 Å². The number of methoxy groups -OCH3 is 3. The zero-order chi connectivity index (χ0) is 21.7. The Morgan fingerprint density at radius 2 is 1.83 bits per heavy atom. The van der Waals surface area contributed by atoms with Crippen molar-refractivity contribution < 1.29 is 23.8 Å². The molecule has 0 bridgehead atoms. The van der Waals surface area contributed by atoms with Crippen molar-refractivity contribution in [1.29, 1.82) is 0 Å². The van der Waals surface area contributed by atoms with E-state index in [-0.39, 0.29) is 23.7 Å². The van der Waals surface area contributed by atoms with E-state index >= 15 is 0 Å². The number of likely N-dealkylation sites (tertiary alicyclic amines) is 1. The molecule has 1 aliphatic rings. The Labute approximate surface area is 180 Å². The molecule has 2 aromatic rings. The van der Waals surface area contributed by atoms with Gasteiger partial charge >= 0.3 is 0 Å². The van der Waals surface area contributed by atoms with Crippen molar-refractivity contribution >= 4 is 23.2 Å². The van der Waals surface area contributed by atoms with Gasteiger partial charge in [0.05, 0.1) is 32.1 Å². The molecule has 1 saturated heterocycles. The fourth-order valence-electron chi connectivity index (χ4n) is 3.82. The smallest absolute Gasteiger partial charge is 0.263 e. The van der Waals surface area contributed by atoms with E-state index in [1.165, 1.54) is 11.3 Å². The van der Waals surface area contributed by atoms with Crippen molar-refractivity contribution in [3.8, 4) is 17.2 Å². The number of amides is 2. The number of hydrogen-bond donors (Lipinski definition) is 1. The third-order valence-corrected chi connectivity index (χ3v) is 6.20. The van der Waals surface area contributed by atoms with E-state index in [0.29, 0.717) is 41.8 Å². The highest BCUT2D eigenvalue weighted by molar-refractivity contribution is 7.12. The molecule has 2 heterocycles. The summed E-state index contributed by atoms with van der Waals surface area (Å²) >= 11 is 1.41. The topological polar surface area (TPSA) is 77.1 Å². The van der Waals surface area contributed by atoms with Crippen molar-refractivity contribution in [2.24, 2.45) is 5.92 Å². The first-order valence-electron chi connectivity index (χ1n) is 9.94. The monoisotopic (exact) mass is 432 g/mol. The van der Waals surface area contributed by atoms with Crippen LogP contribution in [0.25, 0.3) is 0 Å². The van der Waals surface area contributed by atoms with E-state index in [1.54, 1.807) is 26.2 Å². The minimum absolute atomic E-state index is 0.0444. The first-order chi connectivity index (χ1) is 14.5. The maximum absolute atomic E-state index is 12.9. The fraction of sp³-hybridized carbons (Fsp3) is 0.455. The number of thiophene rings is 1. The van der Waals surface area contributed by atoms with Gasteiger partial charge in [0.1, 0.15) is 0 Å². The summed E-state index contributed by atoms with van der Waals surface area (Å²) in [6.45, 7) is 3.43. The predicted molar refractivity (Wildman–Crippen MR) is 116 cm³/mol. The van der Waals surface area contributed by atoms with Gasteiger partial charge in [0.15, 0.2) is 11.5 Å². The van der Waals surface area contributed by atoms with E-state index in [0.717, 1.165) is 12.0 Å². The van der Waals surface area contributed by atoms with Gasteiger partial charge in [-0.2, -0.15) is 0 Å². The Balaban J connectivity index is 1.96. The van der Waals surface area contributed by atoms with Crippen molar-refractivity contribution in [2.45, 2.75) is 19.3 Å². The van der Waals surface area contributed by atoms with Crippen molar-refractivity contribution in [3.05, 3.63) is 40.1 Å². The van der Waals surface area contributed by atoms with Crippen LogP contribution in [0, 0.1) is 5.92 Å². The molecule has 162 valence electrons. The summed E-state index contributed by atoms with van der Waals surface area (Å²) in [5.74, 6) is 0.929.